The molecule has 1 rings (SSSR count). The Kier molecular flexibility index (Phi) is 4.40. The SMILES string of the molecule is CO[Si](O)(CCc1cccc(F)c1)OC. The van der Waals surface area contributed by atoms with Crippen molar-refractivity contribution in [2.45, 2.75) is 12.5 Å². The van der Waals surface area contributed by atoms with Crippen LogP contribution in [0, 0.1) is 5.82 Å². The highest BCUT2D eigenvalue weighted by Gasteiger charge is 2.33. The fraction of sp³-hybridized carbons (Fsp3) is 0.400. The second kappa shape index (κ2) is 5.36. The van der Waals surface area contributed by atoms with Gasteiger partial charge in [0.2, 0.25) is 0 Å². The minimum absolute atomic E-state index is 0.271. The maximum Gasteiger partial charge on any atom is 0.498 e. The summed E-state index contributed by atoms with van der Waals surface area (Å²) in [6.07, 6.45) is 0.544. The van der Waals surface area contributed by atoms with Crippen molar-refractivity contribution in [2.24, 2.45) is 0 Å². The summed E-state index contributed by atoms with van der Waals surface area (Å²) in [6, 6.07) is 6.68. The van der Waals surface area contributed by atoms with E-state index in [1.807, 2.05) is 6.07 Å². The Morgan fingerprint density at radius 3 is 2.53 bits per heavy atom. The van der Waals surface area contributed by atoms with Crippen molar-refractivity contribution in [3.63, 3.8) is 0 Å². The molecule has 1 aromatic carbocycles. The molecule has 0 heterocycles. The summed E-state index contributed by atoms with van der Waals surface area (Å²) in [7, 11) is -0.184. The zero-order chi connectivity index (χ0) is 11.3. The Bertz CT molecular complexity index is 315. The lowest BCUT2D eigenvalue weighted by atomic mass is 10.2. The van der Waals surface area contributed by atoms with Crippen molar-refractivity contribution in [1.82, 2.24) is 0 Å². The van der Waals surface area contributed by atoms with Crippen molar-refractivity contribution in [3.05, 3.63) is 35.6 Å². The zero-order valence-corrected chi connectivity index (χ0v) is 9.87. The summed E-state index contributed by atoms with van der Waals surface area (Å²) in [5.41, 5.74) is 0.829. The Morgan fingerprint density at radius 1 is 1.33 bits per heavy atom. The van der Waals surface area contributed by atoms with E-state index in [0.29, 0.717) is 12.5 Å². The molecule has 0 fully saturated rings. The molecule has 0 radical (unpaired) electrons. The minimum atomic E-state index is -3.02. The maximum atomic E-state index is 12.8. The van der Waals surface area contributed by atoms with Crippen molar-refractivity contribution in [3.8, 4) is 0 Å². The summed E-state index contributed by atoms with van der Waals surface area (Å²) in [5.74, 6) is -0.271. The van der Waals surface area contributed by atoms with E-state index in [1.165, 1.54) is 26.4 Å². The van der Waals surface area contributed by atoms with Crippen LogP contribution in [-0.2, 0) is 15.3 Å². The Labute approximate surface area is 89.8 Å². The van der Waals surface area contributed by atoms with Gasteiger partial charge in [0, 0.05) is 20.3 Å². The van der Waals surface area contributed by atoms with Crippen molar-refractivity contribution in [2.75, 3.05) is 14.2 Å². The zero-order valence-electron chi connectivity index (χ0n) is 8.87. The van der Waals surface area contributed by atoms with Gasteiger partial charge in [-0.1, -0.05) is 12.1 Å². The molecule has 0 saturated carbocycles. The molecule has 0 aliphatic heterocycles. The Balaban J connectivity index is 2.56. The van der Waals surface area contributed by atoms with E-state index in [0.717, 1.165) is 5.56 Å². The molecule has 0 aliphatic carbocycles. The molecule has 3 nitrogen and oxygen atoms in total. The number of halogens is 1. The first kappa shape index (κ1) is 12.3. The average Bonchev–Trinajstić information content (AvgIpc) is 2.26. The van der Waals surface area contributed by atoms with Crippen LogP contribution in [0.25, 0.3) is 0 Å². The summed E-state index contributed by atoms with van der Waals surface area (Å²) < 4.78 is 22.7. The fourth-order valence-corrected chi connectivity index (χ4v) is 2.46. The van der Waals surface area contributed by atoms with Gasteiger partial charge in [0.25, 0.3) is 0 Å². The number of hydrogen-bond acceptors (Lipinski definition) is 3. The molecular weight excluding hydrogens is 215 g/mol. The molecule has 84 valence electrons. The minimum Gasteiger partial charge on any atom is -0.390 e. The van der Waals surface area contributed by atoms with Gasteiger partial charge in [-0.25, -0.2) is 4.39 Å². The van der Waals surface area contributed by atoms with E-state index in [1.54, 1.807) is 6.07 Å². The number of rotatable bonds is 5. The predicted octanol–water partition coefficient (Wildman–Crippen LogP) is 1.59. The van der Waals surface area contributed by atoms with E-state index in [2.05, 4.69) is 0 Å². The molecule has 0 bridgehead atoms. The van der Waals surface area contributed by atoms with Gasteiger partial charge in [-0.15, -0.1) is 0 Å². The highest BCUT2D eigenvalue weighted by Crippen LogP contribution is 2.13. The summed E-state index contributed by atoms with van der Waals surface area (Å²) in [6.45, 7) is 0. The molecule has 0 amide bonds. The molecule has 0 aromatic heterocycles. The van der Waals surface area contributed by atoms with Gasteiger partial charge in [-0.05, 0) is 24.1 Å². The number of aryl methyl sites for hydroxylation is 1. The standard InChI is InChI=1S/C10H15FO3Si/c1-13-15(12,14-2)7-6-9-4-3-5-10(11)8-9/h3-5,8,12H,6-7H2,1-2H3. The normalized spacial score (nSPS) is 11.7. The van der Waals surface area contributed by atoms with Crippen LogP contribution in [0.5, 0.6) is 0 Å². The lowest BCUT2D eigenvalue weighted by molar-refractivity contribution is 0.151. The molecule has 1 N–H and O–H groups in total. The largest absolute Gasteiger partial charge is 0.498 e. The topological polar surface area (TPSA) is 38.7 Å². The smallest absolute Gasteiger partial charge is 0.390 e. The van der Waals surface area contributed by atoms with E-state index in [4.69, 9.17) is 8.85 Å². The maximum absolute atomic E-state index is 12.8. The van der Waals surface area contributed by atoms with Gasteiger partial charge in [0.05, 0.1) is 0 Å². The third kappa shape index (κ3) is 3.71. The van der Waals surface area contributed by atoms with Crippen LogP contribution in [0.3, 0.4) is 0 Å². The predicted molar refractivity (Wildman–Crippen MR) is 56.9 cm³/mol. The van der Waals surface area contributed by atoms with Crippen molar-refractivity contribution < 1.29 is 18.0 Å². The lowest BCUT2D eigenvalue weighted by Crippen LogP contribution is -2.40. The highest BCUT2D eigenvalue weighted by molar-refractivity contribution is 6.59. The Hall–Kier alpha value is -0.753. The molecule has 0 spiro atoms. The van der Waals surface area contributed by atoms with Gasteiger partial charge in [-0.3, -0.25) is 0 Å². The van der Waals surface area contributed by atoms with E-state index in [-0.39, 0.29) is 5.82 Å². The molecule has 0 aliphatic rings. The van der Waals surface area contributed by atoms with Crippen molar-refractivity contribution in [1.29, 1.82) is 0 Å². The molecule has 0 saturated heterocycles. The van der Waals surface area contributed by atoms with Crippen LogP contribution in [0.4, 0.5) is 4.39 Å². The fourth-order valence-electron chi connectivity index (χ4n) is 1.28. The third-order valence-electron chi connectivity index (χ3n) is 2.26. The lowest BCUT2D eigenvalue weighted by Gasteiger charge is -2.19. The quantitative estimate of drug-likeness (QED) is 0.781. The first-order chi connectivity index (χ1) is 7.09. The van der Waals surface area contributed by atoms with Crippen LogP contribution in [0.15, 0.2) is 24.3 Å². The molecule has 0 atom stereocenters. The van der Waals surface area contributed by atoms with Crippen LogP contribution < -0.4 is 0 Å². The highest BCUT2D eigenvalue weighted by atomic mass is 28.4. The Morgan fingerprint density at radius 2 is 2.00 bits per heavy atom. The van der Waals surface area contributed by atoms with Gasteiger partial charge in [0.1, 0.15) is 5.82 Å². The summed E-state index contributed by atoms with van der Waals surface area (Å²) >= 11 is 0. The van der Waals surface area contributed by atoms with Crippen LogP contribution in [-0.4, -0.2) is 27.8 Å². The van der Waals surface area contributed by atoms with Crippen LogP contribution in [0.1, 0.15) is 5.56 Å². The first-order valence-corrected chi connectivity index (χ1v) is 6.64. The molecule has 5 heteroatoms. The van der Waals surface area contributed by atoms with E-state index in [9.17, 15) is 9.19 Å². The van der Waals surface area contributed by atoms with E-state index >= 15 is 0 Å². The third-order valence-corrected chi connectivity index (χ3v) is 4.41. The summed E-state index contributed by atoms with van der Waals surface area (Å²) in [5, 5.41) is 0. The van der Waals surface area contributed by atoms with E-state index < -0.39 is 8.80 Å². The second-order valence-corrected chi connectivity index (χ2v) is 5.99. The second-order valence-electron chi connectivity index (χ2n) is 3.25. The molecule has 15 heavy (non-hydrogen) atoms. The number of hydrogen-bond donors (Lipinski definition) is 1. The number of benzene rings is 1. The average molecular weight is 230 g/mol. The van der Waals surface area contributed by atoms with Gasteiger partial charge in [0.15, 0.2) is 0 Å². The summed E-state index contributed by atoms with van der Waals surface area (Å²) in [4.78, 5) is 9.76. The van der Waals surface area contributed by atoms with Crippen LogP contribution in [0.2, 0.25) is 6.04 Å². The molecule has 0 unspecified atom stereocenters. The van der Waals surface area contributed by atoms with Crippen molar-refractivity contribution >= 4 is 8.80 Å². The molecular formula is C10H15FO3Si. The van der Waals surface area contributed by atoms with Gasteiger partial charge < -0.3 is 13.6 Å². The van der Waals surface area contributed by atoms with Crippen LogP contribution >= 0.6 is 0 Å². The van der Waals surface area contributed by atoms with Gasteiger partial charge >= 0.3 is 8.80 Å². The molecule has 1 aromatic rings. The monoisotopic (exact) mass is 230 g/mol. The first-order valence-electron chi connectivity index (χ1n) is 4.67. The van der Waals surface area contributed by atoms with Gasteiger partial charge in [-0.2, -0.15) is 0 Å².